The Bertz CT molecular complexity index is 670. The smallest absolute Gasteiger partial charge is 0.193 e. The van der Waals surface area contributed by atoms with Gasteiger partial charge in [0.15, 0.2) is 5.96 Å². The van der Waals surface area contributed by atoms with E-state index in [4.69, 9.17) is 5.73 Å². The van der Waals surface area contributed by atoms with E-state index in [-0.39, 0.29) is 24.0 Å². The molecule has 3 rings (SSSR count). The monoisotopic (exact) mass is 411 g/mol. The molecule has 2 aromatic rings. The molecule has 1 aromatic carbocycles. The van der Waals surface area contributed by atoms with Gasteiger partial charge in [-0.05, 0) is 56.4 Å². The van der Waals surface area contributed by atoms with Crippen LogP contribution in [0.3, 0.4) is 0 Å². The summed E-state index contributed by atoms with van der Waals surface area (Å²) in [6, 6.07) is 6.43. The Hall–Kier alpha value is -1.57. The maximum absolute atomic E-state index is 5.98. The number of aromatic nitrogens is 2. The van der Waals surface area contributed by atoms with Gasteiger partial charge in [-0.25, -0.2) is 4.99 Å². The minimum Gasteiger partial charge on any atom is -0.370 e. The number of rotatable bonds is 3. The van der Waals surface area contributed by atoms with Gasteiger partial charge in [0.2, 0.25) is 0 Å². The van der Waals surface area contributed by atoms with E-state index in [1.54, 1.807) is 0 Å². The van der Waals surface area contributed by atoms with Crippen LogP contribution in [0, 0.1) is 13.8 Å². The van der Waals surface area contributed by atoms with Gasteiger partial charge in [-0.15, -0.1) is 24.0 Å². The topological polar surface area (TPSA) is 79.1 Å². The quantitative estimate of drug-likeness (QED) is 0.413. The molecular weight excluding hydrogens is 389 g/mol. The summed E-state index contributed by atoms with van der Waals surface area (Å²) < 4.78 is 0. The van der Waals surface area contributed by atoms with Crippen molar-refractivity contribution in [3.8, 4) is 0 Å². The van der Waals surface area contributed by atoms with Gasteiger partial charge in [0, 0.05) is 16.9 Å². The Morgan fingerprint density at radius 3 is 2.82 bits per heavy atom. The van der Waals surface area contributed by atoms with Crippen molar-refractivity contribution in [2.75, 3.05) is 5.32 Å². The highest BCUT2D eigenvalue weighted by Gasteiger charge is 2.11. The van der Waals surface area contributed by atoms with Gasteiger partial charge in [-0.2, -0.15) is 5.10 Å². The van der Waals surface area contributed by atoms with Crippen molar-refractivity contribution in [2.45, 2.75) is 39.7 Å². The lowest BCUT2D eigenvalue weighted by atomic mass is 10.1. The summed E-state index contributed by atoms with van der Waals surface area (Å²) in [6.07, 6.45) is 3.61. The van der Waals surface area contributed by atoms with Crippen molar-refractivity contribution in [1.82, 2.24) is 10.2 Å². The van der Waals surface area contributed by atoms with Crippen LogP contribution in [0.25, 0.3) is 0 Å². The van der Waals surface area contributed by atoms with Crippen LogP contribution in [0.4, 0.5) is 5.69 Å². The number of hydrogen-bond acceptors (Lipinski definition) is 2. The molecule has 0 amide bonds. The molecule has 0 bridgehead atoms. The maximum Gasteiger partial charge on any atom is 0.193 e. The first-order chi connectivity index (χ1) is 10.1. The third kappa shape index (κ3) is 3.60. The van der Waals surface area contributed by atoms with Gasteiger partial charge in [-0.1, -0.05) is 6.07 Å². The number of nitrogens with one attached hydrogen (secondary N) is 2. The second-order valence-electron chi connectivity index (χ2n) is 5.58. The first kappa shape index (κ1) is 16.8. The third-order valence-corrected chi connectivity index (χ3v) is 4.06. The molecule has 0 aliphatic heterocycles. The summed E-state index contributed by atoms with van der Waals surface area (Å²) in [5, 5.41) is 10.3. The first-order valence-corrected chi connectivity index (χ1v) is 7.32. The fourth-order valence-corrected chi connectivity index (χ4v) is 2.81. The lowest BCUT2D eigenvalue weighted by Gasteiger charge is -2.08. The maximum atomic E-state index is 5.98. The van der Waals surface area contributed by atoms with Crippen molar-refractivity contribution in [2.24, 2.45) is 10.7 Å². The lowest BCUT2D eigenvalue weighted by molar-refractivity contribution is 0.912. The van der Waals surface area contributed by atoms with Crippen molar-refractivity contribution in [3.63, 3.8) is 0 Å². The molecule has 118 valence electrons. The molecule has 0 radical (unpaired) electrons. The number of nitrogens with zero attached hydrogens (tertiary/aromatic N) is 2. The van der Waals surface area contributed by atoms with E-state index < -0.39 is 0 Å². The number of aliphatic imine (C=N–C) groups is 1. The van der Waals surface area contributed by atoms with E-state index in [1.807, 2.05) is 13.8 Å². The fourth-order valence-electron chi connectivity index (χ4n) is 2.81. The summed E-state index contributed by atoms with van der Waals surface area (Å²) in [5.74, 6) is 0.438. The zero-order valence-electron chi connectivity index (χ0n) is 12.9. The predicted molar refractivity (Wildman–Crippen MR) is 101 cm³/mol. The highest BCUT2D eigenvalue weighted by molar-refractivity contribution is 14.0. The Morgan fingerprint density at radius 2 is 2.09 bits per heavy atom. The van der Waals surface area contributed by atoms with Crippen molar-refractivity contribution in [1.29, 1.82) is 0 Å². The Labute approximate surface area is 147 Å². The van der Waals surface area contributed by atoms with Crippen LogP contribution in [-0.2, 0) is 19.4 Å². The predicted octanol–water partition coefficient (Wildman–Crippen LogP) is 3.06. The number of aromatic amines is 1. The molecule has 0 spiro atoms. The molecular formula is C16H22IN5. The van der Waals surface area contributed by atoms with E-state index in [0.717, 1.165) is 29.1 Å². The van der Waals surface area contributed by atoms with E-state index in [2.05, 4.69) is 38.7 Å². The second-order valence-corrected chi connectivity index (χ2v) is 5.58. The fraction of sp³-hybridized carbons (Fsp3) is 0.375. The van der Waals surface area contributed by atoms with Crippen LogP contribution in [0.15, 0.2) is 23.2 Å². The molecule has 5 nitrogen and oxygen atoms in total. The molecule has 4 N–H and O–H groups in total. The molecule has 1 aliphatic carbocycles. The minimum absolute atomic E-state index is 0. The van der Waals surface area contributed by atoms with Crippen LogP contribution in [0.2, 0.25) is 0 Å². The zero-order valence-corrected chi connectivity index (χ0v) is 15.3. The number of aryl methyl sites for hydroxylation is 4. The average Bonchev–Trinajstić information content (AvgIpc) is 3.04. The van der Waals surface area contributed by atoms with Crippen LogP contribution >= 0.6 is 24.0 Å². The molecule has 1 heterocycles. The highest BCUT2D eigenvalue weighted by Crippen LogP contribution is 2.24. The number of guanidine groups is 1. The number of nitrogens with two attached hydrogens (primary N) is 1. The van der Waals surface area contributed by atoms with E-state index in [0.29, 0.717) is 12.5 Å². The van der Waals surface area contributed by atoms with Gasteiger partial charge in [0.05, 0.1) is 12.2 Å². The number of hydrogen-bond donors (Lipinski definition) is 3. The van der Waals surface area contributed by atoms with Gasteiger partial charge in [0.1, 0.15) is 0 Å². The van der Waals surface area contributed by atoms with Crippen molar-refractivity contribution in [3.05, 3.63) is 46.3 Å². The number of halogens is 1. The normalized spacial score (nSPS) is 13.6. The Balaban J connectivity index is 0.00000176. The van der Waals surface area contributed by atoms with Crippen LogP contribution < -0.4 is 11.1 Å². The van der Waals surface area contributed by atoms with Gasteiger partial charge in [-0.3, -0.25) is 5.10 Å². The average molecular weight is 411 g/mol. The Kier molecular flexibility index (Phi) is 5.44. The van der Waals surface area contributed by atoms with Crippen LogP contribution in [0.1, 0.15) is 34.5 Å². The molecule has 6 heteroatoms. The Morgan fingerprint density at radius 1 is 1.32 bits per heavy atom. The number of benzene rings is 1. The van der Waals surface area contributed by atoms with E-state index >= 15 is 0 Å². The molecule has 1 aliphatic rings. The molecule has 0 saturated carbocycles. The van der Waals surface area contributed by atoms with Crippen LogP contribution in [-0.4, -0.2) is 16.2 Å². The molecule has 0 unspecified atom stereocenters. The summed E-state index contributed by atoms with van der Waals surface area (Å²) >= 11 is 0. The first-order valence-electron chi connectivity index (χ1n) is 7.32. The molecule has 22 heavy (non-hydrogen) atoms. The molecule has 0 fully saturated rings. The summed E-state index contributed by atoms with van der Waals surface area (Å²) in [7, 11) is 0. The lowest BCUT2D eigenvalue weighted by Crippen LogP contribution is -2.22. The van der Waals surface area contributed by atoms with E-state index in [9.17, 15) is 0 Å². The highest BCUT2D eigenvalue weighted by atomic mass is 127. The van der Waals surface area contributed by atoms with Crippen LogP contribution in [0.5, 0.6) is 0 Å². The number of fused-ring (bicyclic) bond motifs is 1. The second kappa shape index (κ2) is 7.13. The van der Waals surface area contributed by atoms with Crippen molar-refractivity contribution >= 4 is 35.6 Å². The minimum atomic E-state index is 0. The third-order valence-electron chi connectivity index (χ3n) is 4.06. The summed E-state index contributed by atoms with van der Waals surface area (Å²) in [5.41, 5.74) is 13.0. The summed E-state index contributed by atoms with van der Waals surface area (Å²) in [4.78, 5) is 4.40. The number of H-pyrrole nitrogens is 1. The zero-order chi connectivity index (χ0) is 14.8. The standard InChI is InChI=1S/C16H21N5.HI/c1-10-15(11(2)21-20-10)9-18-16(17)19-14-7-6-12-4-3-5-13(12)8-14;/h6-8H,3-5,9H2,1-2H3,(H,20,21)(H3,17,18,19);1H. The molecule has 0 atom stereocenters. The van der Waals surface area contributed by atoms with Crippen molar-refractivity contribution < 1.29 is 0 Å². The van der Waals surface area contributed by atoms with Gasteiger partial charge < -0.3 is 11.1 Å². The SMILES string of the molecule is Cc1n[nH]c(C)c1CN=C(N)Nc1ccc2c(c1)CCC2.I. The number of anilines is 1. The largest absolute Gasteiger partial charge is 0.370 e. The van der Waals surface area contributed by atoms with E-state index in [1.165, 1.54) is 24.0 Å². The molecule has 1 aromatic heterocycles. The van der Waals surface area contributed by atoms with Gasteiger partial charge >= 0.3 is 0 Å². The van der Waals surface area contributed by atoms with Gasteiger partial charge in [0.25, 0.3) is 0 Å². The molecule has 0 saturated heterocycles. The summed E-state index contributed by atoms with van der Waals surface area (Å²) in [6.45, 7) is 4.51.